The summed E-state index contributed by atoms with van der Waals surface area (Å²) in [6, 6.07) is 9.26. The zero-order valence-corrected chi connectivity index (χ0v) is 18.0. The molecule has 0 radical (unpaired) electrons. The molecule has 1 aromatic carbocycles. The first kappa shape index (κ1) is 21.0. The molecule has 2 aromatic heterocycles. The van der Waals surface area contributed by atoms with Gasteiger partial charge in [-0.2, -0.15) is 0 Å². The summed E-state index contributed by atoms with van der Waals surface area (Å²) in [5.74, 6) is 0.773. The fourth-order valence-electron chi connectivity index (χ4n) is 2.70. The fourth-order valence-corrected chi connectivity index (χ4v) is 4.36. The molecule has 0 amide bonds. The van der Waals surface area contributed by atoms with Gasteiger partial charge in [-0.15, -0.1) is 22.7 Å². The van der Waals surface area contributed by atoms with Crippen molar-refractivity contribution >= 4 is 34.4 Å². The van der Waals surface area contributed by atoms with E-state index in [0.717, 1.165) is 15.4 Å². The Morgan fingerprint density at radius 1 is 1.07 bits per heavy atom. The molecule has 0 aliphatic carbocycles. The molecule has 0 atom stereocenters. The molecular formula is C21H21NO5S2. The van der Waals surface area contributed by atoms with Crippen molar-refractivity contribution < 1.29 is 23.8 Å². The van der Waals surface area contributed by atoms with Gasteiger partial charge in [0.05, 0.1) is 36.8 Å². The lowest BCUT2D eigenvalue weighted by Gasteiger charge is -2.10. The van der Waals surface area contributed by atoms with Crippen LogP contribution in [-0.2, 0) is 16.1 Å². The molecule has 152 valence electrons. The minimum absolute atomic E-state index is 0.0406. The fraction of sp³-hybridized carbons (Fsp3) is 0.286. The van der Waals surface area contributed by atoms with E-state index in [0.29, 0.717) is 22.1 Å². The smallest absolute Gasteiger partial charge is 0.306 e. The van der Waals surface area contributed by atoms with E-state index in [1.165, 1.54) is 22.7 Å². The summed E-state index contributed by atoms with van der Waals surface area (Å²) in [5.41, 5.74) is 1.45. The van der Waals surface area contributed by atoms with Crippen molar-refractivity contribution in [3.05, 3.63) is 51.2 Å². The average molecular weight is 432 g/mol. The van der Waals surface area contributed by atoms with E-state index < -0.39 is 5.97 Å². The van der Waals surface area contributed by atoms with Crippen LogP contribution in [0.1, 0.15) is 33.1 Å². The molecule has 3 rings (SSSR count). The number of hydrogen-bond donors (Lipinski definition) is 0. The number of Topliss-reactive ketones (excluding diaryl/α,β-unsaturated/α-hetero) is 1. The number of rotatable bonds is 9. The Morgan fingerprint density at radius 3 is 2.59 bits per heavy atom. The molecule has 0 aliphatic heterocycles. The molecule has 0 N–H and O–H groups in total. The number of thiazole rings is 1. The summed E-state index contributed by atoms with van der Waals surface area (Å²) in [4.78, 5) is 30.3. The number of hydrogen-bond acceptors (Lipinski definition) is 8. The largest absolute Gasteiger partial charge is 0.493 e. The van der Waals surface area contributed by atoms with Gasteiger partial charge in [-0.3, -0.25) is 9.59 Å². The van der Waals surface area contributed by atoms with Crippen molar-refractivity contribution in [1.29, 1.82) is 0 Å². The van der Waals surface area contributed by atoms with Crippen LogP contribution in [0.15, 0.2) is 35.7 Å². The van der Waals surface area contributed by atoms with Gasteiger partial charge in [0, 0.05) is 16.7 Å². The van der Waals surface area contributed by atoms with Crippen LogP contribution in [0.25, 0.3) is 10.6 Å². The number of ether oxygens (including phenoxy) is 3. The molecule has 0 saturated carbocycles. The second-order valence-electron chi connectivity index (χ2n) is 6.18. The zero-order chi connectivity index (χ0) is 20.8. The van der Waals surface area contributed by atoms with Crippen molar-refractivity contribution in [2.24, 2.45) is 0 Å². The molecule has 0 saturated heterocycles. The van der Waals surface area contributed by atoms with Crippen LogP contribution >= 0.6 is 22.7 Å². The maximum absolute atomic E-state index is 12.1. The van der Waals surface area contributed by atoms with Gasteiger partial charge in [0.1, 0.15) is 11.6 Å². The lowest BCUT2D eigenvalue weighted by molar-refractivity contribution is -0.145. The third kappa shape index (κ3) is 5.21. The average Bonchev–Trinajstić information content (AvgIpc) is 3.38. The first-order valence-corrected chi connectivity index (χ1v) is 10.6. The second kappa shape index (κ2) is 9.67. The van der Waals surface area contributed by atoms with Crippen molar-refractivity contribution in [3.63, 3.8) is 0 Å². The number of thiophene rings is 1. The summed E-state index contributed by atoms with van der Waals surface area (Å²) in [7, 11) is 3.16. The zero-order valence-electron chi connectivity index (χ0n) is 16.4. The Hall–Kier alpha value is -2.71. The molecule has 29 heavy (non-hydrogen) atoms. The second-order valence-corrected chi connectivity index (χ2v) is 8.33. The topological polar surface area (TPSA) is 74.7 Å². The highest BCUT2D eigenvalue weighted by Crippen LogP contribution is 2.39. The van der Waals surface area contributed by atoms with E-state index in [1.807, 2.05) is 36.6 Å². The number of nitrogens with zero attached hydrogens (tertiary/aromatic N) is 1. The van der Waals surface area contributed by atoms with Gasteiger partial charge in [-0.05, 0) is 31.2 Å². The van der Waals surface area contributed by atoms with Crippen LogP contribution in [0, 0.1) is 6.92 Å². The monoisotopic (exact) mass is 431 g/mol. The maximum Gasteiger partial charge on any atom is 0.306 e. The van der Waals surface area contributed by atoms with Gasteiger partial charge >= 0.3 is 5.97 Å². The van der Waals surface area contributed by atoms with Gasteiger partial charge in [-0.1, -0.05) is 6.07 Å². The van der Waals surface area contributed by atoms with E-state index in [1.54, 1.807) is 20.3 Å². The number of para-hydroxylation sites is 1. The summed E-state index contributed by atoms with van der Waals surface area (Å²) in [5, 5.41) is 2.58. The van der Waals surface area contributed by atoms with Crippen LogP contribution in [0.3, 0.4) is 0 Å². The molecule has 6 nitrogen and oxygen atoms in total. The molecule has 0 spiro atoms. The maximum atomic E-state index is 12.1. The van der Waals surface area contributed by atoms with Crippen LogP contribution in [0.4, 0.5) is 0 Å². The summed E-state index contributed by atoms with van der Waals surface area (Å²) >= 11 is 2.86. The number of aromatic nitrogens is 1. The summed E-state index contributed by atoms with van der Waals surface area (Å²) in [6.45, 7) is 2.01. The van der Waals surface area contributed by atoms with Crippen LogP contribution < -0.4 is 9.47 Å². The third-order valence-electron chi connectivity index (χ3n) is 4.14. The molecular weight excluding hydrogens is 410 g/mol. The highest BCUT2D eigenvalue weighted by Gasteiger charge is 2.16. The van der Waals surface area contributed by atoms with Crippen molar-refractivity contribution in [2.75, 3.05) is 14.2 Å². The number of ketones is 1. The SMILES string of the molecule is COc1cccc(-c2nc(COC(=O)CCC(=O)c3ccc(C)s3)cs2)c1OC. The molecule has 0 unspecified atom stereocenters. The van der Waals surface area contributed by atoms with Gasteiger partial charge in [0.25, 0.3) is 0 Å². The summed E-state index contributed by atoms with van der Waals surface area (Å²) < 4.78 is 16.0. The predicted molar refractivity (Wildman–Crippen MR) is 113 cm³/mol. The van der Waals surface area contributed by atoms with Crippen LogP contribution in [0.5, 0.6) is 11.5 Å². The Labute approximate surface area is 177 Å². The molecule has 0 bridgehead atoms. The number of benzene rings is 1. The van der Waals surface area contributed by atoms with Gasteiger partial charge < -0.3 is 14.2 Å². The quantitative estimate of drug-likeness (QED) is 0.354. The highest BCUT2D eigenvalue weighted by molar-refractivity contribution is 7.14. The Morgan fingerprint density at radius 2 is 1.90 bits per heavy atom. The number of carbonyl (C=O) groups is 2. The first-order valence-electron chi connectivity index (χ1n) is 8.93. The van der Waals surface area contributed by atoms with Crippen molar-refractivity contribution in [1.82, 2.24) is 4.98 Å². The Bertz CT molecular complexity index is 1010. The standard InChI is InChI=1S/C21H21NO5S2/c1-13-7-9-18(29-13)16(23)8-10-19(24)27-11-14-12-28-21(22-14)15-5-4-6-17(25-2)20(15)26-3/h4-7,9,12H,8,10-11H2,1-3H3. The van der Waals surface area contributed by atoms with Crippen LogP contribution in [0.2, 0.25) is 0 Å². The number of aryl methyl sites for hydroxylation is 1. The minimum atomic E-state index is -0.417. The van der Waals surface area contributed by atoms with Crippen molar-refractivity contribution in [3.8, 4) is 22.1 Å². The molecule has 2 heterocycles. The highest BCUT2D eigenvalue weighted by atomic mass is 32.1. The lowest BCUT2D eigenvalue weighted by Crippen LogP contribution is -2.07. The van der Waals surface area contributed by atoms with Gasteiger partial charge in [0.2, 0.25) is 0 Å². The number of esters is 1. The number of methoxy groups -OCH3 is 2. The summed E-state index contributed by atoms with van der Waals surface area (Å²) in [6.07, 6.45) is 0.193. The van der Waals surface area contributed by atoms with Gasteiger partial charge in [-0.25, -0.2) is 4.98 Å². The van der Waals surface area contributed by atoms with E-state index >= 15 is 0 Å². The van der Waals surface area contributed by atoms with Crippen molar-refractivity contribution in [2.45, 2.75) is 26.4 Å². The van der Waals surface area contributed by atoms with E-state index in [4.69, 9.17) is 14.2 Å². The van der Waals surface area contributed by atoms with E-state index in [-0.39, 0.29) is 25.2 Å². The lowest BCUT2D eigenvalue weighted by atomic mass is 10.2. The predicted octanol–water partition coefficient (Wildman–Crippen LogP) is 4.90. The van der Waals surface area contributed by atoms with E-state index in [9.17, 15) is 9.59 Å². The molecule has 0 fully saturated rings. The molecule has 3 aromatic rings. The first-order chi connectivity index (χ1) is 14.0. The molecule has 8 heteroatoms. The Balaban J connectivity index is 1.55. The molecule has 0 aliphatic rings. The number of carbonyl (C=O) groups excluding carboxylic acids is 2. The normalized spacial score (nSPS) is 10.6. The van der Waals surface area contributed by atoms with Gasteiger partial charge in [0.15, 0.2) is 17.3 Å². The third-order valence-corrected chi connectivity index (χ3v) is 6.10. The Kier molecular flexibility index (Phi) is 7.00. The van der Waals surface area contributed by atoms with E-state index in [2.05, 4.69) is 4.98 Å². The minimum Gasteiger partial charge on any atom is -0.493 e. The van der Waals surface area contributed by atoms with Crippen LogP contribution in [-0.4, -0.2) is 31.0 Å².